The number of carboxylic acids is 1. The van der Waals surface area contributed by atoms with Gasteiger partial charge in [0, 0.05) is 11.7 Å². The van der Waals surface area contributed by atoms with Crippen LogP contribution in [0, 0.1) is 5.92 Å². The molecule has 0 saturated heterocycles. The van der Waals surface area contributed by atoms with Crippen LogP contribution in [0.5, 0.6) is 0 Å². The van der Waals surface area contributed by atoms with E-state index >= 15 is 0 Å². The normalized spacial score (nSPS) is 18.4. The van der Waals surface area contributed by atoms with Crippen molar-refractivity contribution in [3.05, 3.63) is 11.6 Å². The highest BCUT2D eigenvalue weighted by atomic mass is 31.2. The number of rotatable bonds is 15. The predicted octanol–water partition coefficient (Wildman–Crippen LogP) is 7.03. The standard InChI is InChI=1S/C22H41O4P/c1-3-5-6-7-8-9-10-14-17-27(25,26-4-2)19-21(22(23)24)18-20-15-12-11-13-16-20/h18,20H,3-17,19H2,1-2H3,(H,23,24). The molecular formula is C22H41O4P. The molecule has 1 saturated carbocycles. The first-order valence-electron chi connectivity index (χ1n) is 11.2. The molecule has 1 fully saturated rings. The number of carbonyl (C=O) groups is 1. The molecular weight excluding hydrogens is 359 g/mol. The van der Waals surface area contributed by atoms with Crippen LogP contribution in [0.3, 0.4) is 0 Å². The van der Waals surface area contributed by atoms with E-state index in [1.807, 2.05) is 13.0 Å². The monoisotopic (exact) mass is 400 g/mol. The van der Waals surface area contributed by atoms with Crippen LogP contribution in [0.1, 0.15) is 97.3 Å². The number of unbranched alkanes of at least 4 members (excludes halogenated alkanes) is 7. The molecule has 1 aliphatic rings. The van der Waals surface area contributed by atoms with Crippen molar-refractivity contribution in [2.75, 3.05) is 18.9 Å². The molecule has 1 unspecified atom stereocenters. The van der Waals surface area contributed by atoms with Gasteiger partial charge in [0.15, 0.2) is 0 Å². The maximum Gasteiger partial charge on any atom is 0.331 e. The average Bonchev–Trinajstić information content (AvgIpc) is 2.64. The van der Waals surface area contributed by atoms with Crippen molar-refractivity contribution in [1.29, 1.82) is 0 Å². The minimum atomic E-state index is -2.91. The summed E-state index contributed by atoms with van der Waals surface area (Å²) in [6.45, 7) is 4.44. The quantitative estimate of drug-likeness (QED) is 0.182. The lowest BCUT2D eigenvalue weighted by Gasteiger charge is -2.21. The molecule has 0 aromatic rings. The highest BCUT2D eigenvalue weighted by Crippen LogP contribution is 2.49. The van der Waals surface area contributed by atoms with E-state index in [2.05, 4.69) is 6.92 Å². The van der Waals surface area contributed by atoms with Crippen molar-refractivity contribution in [3.8, 4) is 0 Å². The summed E-state index contributed by atoms with van der Waals surface area (Å²) >= 11 is 0. The average molecular weight is 401 g/mol. The summed E-state index contributed by atoms with van der Waals surface area (Å²) in [5.41, 5.74) is 0.304. The molecule has 158 valence electrons. The van der Waals surface area contributed by atoms with Crippen LogP contribution < -0.4 is 0 Å². The molecule has 1 atom stereocenters. The van der Waals surface area contributed by atoms with E-state index in [1.54, 1.807) is 0 Å². The van der Waals surface area contributed by atoms with Gasteiger partial charge in [0.25, 0.3) is 0 Å². The third kappa shape index (κ3) is 11.1. The molecule has 0 bridgehead atoms. The molecule has 0 amide bonds. The summed E-state index contributed by atoms with van der Waals surface area (Å²) in [6, 6.07) is 0. The van der Waals surface area contributed by atoms with Crippen molar-refractivity contribution in [2.24, 2.45) is 5.92 Å². The highest BCUT2D eigenvalue weighted by molar-refractivity contribution is 7.59. The summed E-state index contributed by atoms with van der Waals surface area (Å²) in [4.78, 5) is 11.7. The van der Waals surface area contributed by atoms with Crippen molar-refractivity contribution in [2.45, 2.75) is 97.3 Å². The lowest BCUT2D eigenvalue weighted by molar-refractivity contribution is -0.132. The van der Waals surface area contributed by atoms with Gasteiger partial charge in [0.2, 0.25) is 7.37 Å². The molecule has 0 aromatic heterocycles. The maximum absolute atomic E-state index is 13.2. The Morgan fingerprint density at radius 2 is 1.59 bits per heavy atom. The molecule has 4 nitrogen and oxygen atoms in total. The first-order chi connectivity index (χ1) is 13.0. The first-order valence-corrected chi connectivity index (χ1v) is 13.2. The second kappa shape index (κ2) is 14.4. The zero-order valence-corrected chi connectivity index (χ0v) is 18.5. The molecule has 0 radical (unpaired) electrons. The Morgan fingerprint density at radius 3 is 2.15 bits per heavy atom. The smallest absolute Gasteiger partial charge is 0.331 e. The van der Waals surface area contributed by atoms with Gasteiger partial charge in [-0.1, -0.05) is 77.2 Å². The Hall–Kier alpha value is -0.600. The fourth-order valence-corrected chi connectivity index (χ4v) is 6.26. The van der Waals surface area contributed by atoms with Crippen molar-refractivity contribution in [3.63, 3.8) is 0 Å². The van der Waals surface area contributed by atoms with E-state index in [4.69, 9.17) is 4.52 Å². The van der Waals surface area contributed by atoms with E-state index in [0.717, 1.165) is 38.5 Å². The van der Waals surface area contributed by atoms with Crippen LogP contribution in [0.25, 0.3) is 0 Å². The lowest BCUT2D eigenvalue weighted by atomic mass is 9.88. The van der Waals surface area contributed by atoms with Gasteiger partial charge >= 0.3 is 5.97 Å². The minimum Gasteiger partial charge on any atom is -0.478 e. The van der Waals surface area contributed by atoms with Gasteiger partial charge in [-0.05, 0) is 32.1 Å². The van der Waals surface area contributed by atoms with E-state index in [0.29, 0.717) is 24.3 Å². The van der Waals surface area contributed by atoms with Gasteiger partial charge in [-0.2, -0.15) is 0 Å². The molecule has 0 aliphatic heterocycles. The van der Waals surface area contributed by atoms with Crippen LogP contribution in [0.2, 0.25) is 0 Å². The van der Waals surface area contributed by atoms with Gasteiger partial charge in [0.1, 0.15) is 0 Å². The van der Waals surface area contributed by atoms with Gasteiger partial charge < -0.3 is 9.63 Å². The highest BCUT2D eigenvalue weighted by Gasteiger charge is 2.27. The maximum atomic E-state index is 13.2. The number of aliphatic carboxylic acids is 1. The second-order valence-corrected chi connectivity index (χ2v) is 10.6. The van der Waals surface area contributed by atoms with Gasteiger partial charge in [-0.25, -0.2) is 4.79 Å². The molecule has 1 rings (SSSR count). The Balaban J connectivity index is 2.50. The summed E-state index contributed by atoms with van der Waals surface area (Å²) in [5, 5.41) is 9.60. The van der Waals surface area contributed by atoms with Crippen molar-refractivity contribution in [1.82, 2.24) is 0 Å². The van der Waals surface area contributed by atoms with Crippen LogP contribution >= 0.6 is 7.37 Å². The third-order valence-electron chi connectivity index (χ3n) is 5.49. The Labute approximate surface area is 166 Å². The molecule has 5 heteroatoms. The Morgan fingerprint density at radius 1 is 1.00 bits per heavy atom. The molecule has 27 heavy (non-hydrogen) atoms. The van der Waals surface area contributed by atoms with Gasteiger partial charge in [-0.3, -0.25) is 4.57 Å². The summed E-state index contributed by atoms with van der Waals surface area (Å²) < 4.78 is 18.8. The van der Waals surface area contributed by atoms with Crippen LogP contribution in [-0.4, -0.2) is 30.0 Å². The zero-order valence-electron chi connectivity index (χ0n) is 17.6. The predicted molar refractivity (Wildman–Crippen MR) is 114 cm³/mol. The summed E-state index contributed by atoms with van der Waals surface area (Å²) in [7, 11) is -2.91. The summed E-state index contributed by atoms with van der Waals surface area (Å²) in [6.07, 6.45) is 17.6. The zero-order chi connectivity index (χ0) is 20.0. The van der Waals surface area contributed by atoms with Crippen molar-refractivity contribution < 1.29 is 19.0 Å². The van der Waals surface area contributed by atoms with Crippen LogP contribution in [0.4, 0.5) is 0 Å². The second-order valence-electron chi connectivity index (χ2n) is 7.98. The SMILES string of the molecule is CCCCCCCCCCP(=O)(CC(=CC1CCCCC1)C(=O)O)OCC. The van der Waals surface area contributed by atoms with E-state index < -0.39 is 13.3 Å². The summed E-state index contributed by atoms with van der Waals surface area (Å²) in [5.74, 6) is -0.612. The topological polar surface area (TPSA) is 63.6 Å². The molecule has 0 spiro atoms. The van der Waals surface area contributed by atoms with E-state index in [1.165, 1.54) is 44.9 Å². The van der Waals surface area contributed by atoms with Gasteiger partial charge in [-0.15, -0.1) is 0 Å². The van der Waals surface area contributed by atoms with Crippen LogP contribution in [0.15, 0.2) is 11.6 Å². The number of allylic oxidation sites excluding steroid dienone is 1. The Kier molecular flexibility index (Phi) is 13.0. The molecule has 0 aromatic carbocycles. The number of hydrogen-bond acceptors (Lipinski definition) is 3. The van der Waals surface area contributed by atoms with Gasteiger partial charge in [0.05, 0.1) is 12.8 Å². The largest absolute Gasteiger partial charge is 0.478 e. The Bertz CT molecular complexity index is 481. The lowest BCUT2D eigenvalue weighted by Crippen LogP contribution is -2.13. The fourth-order valence-electron chi connectivity index (χ4n) is 3.95. The number of carboxylic acid groups (broad SMARTS) is 1. The van der Waals surface area contributed by atoms with Crippen molar-refractivity contribution >= 4 is 13.3 Å². The fraction of sp³-hybridized carbons (Fsp3) is 0.864. The molecule has 0 heterocycles. The third-order valence-corrected chi connectivity index (χ3v) is 8.04. The van der Waals surface area contributed by atoms with E-state index in [-0.39, 0.29) is 6.16 Å². The first kappa shape index (κ1) is 24.4. The van der Waals surface area contributed by atoms with E-state index in [9.17, 15) is 14.5 Å². The molecule has 1 aliphatic carbocycles. The van der Waals surface area contributed by atoms with Crippen LogP contribution in [-0.2, 0) is 13.9 Å². The molecule has 1 N–H and O–H groups in total. The number of hydrogen-bond donors (Lipinski definition) is 1. The minimum absolute atomic E-state index is 0.0865.